The van der Waals surface area contributed by atoms with E-state index in [0.29, 0.717) is 0 Å². The van der Waals surface area contributed by atoms with E-state index in [1.54, 1.807) is 16.8 Å². The van der Waals surface area contributed by atoms with Crippen LogP contribution >= 0.6 is 11.6 Å². The average Bonchev–Trinajstić information content (AvgIpc) is 3.15. The number of fused-ring (bicyclic) bond motifs is 1. The quantitative estimate of drug-likeness (QED) is 0.458. The highest BCUT2D eigenvalue weighted by Crippen LogP contribution is 2.21. The van der Waals surface area contributed by atoms with Gasteiger partial charge < -0.3 is 4.74 Å². The fraction of sp³-hybridized carbons (Fsp3) is 0.136. The Kier molecular flexibility index (Phi) is 5.56. The van der Waals surface area contributed by atoms with Gasteiger partial charge in [-0.3, -0.25) is 18.7 Å². The van der Waals surface area contributed by atoms with Crippen molar-refractivity contribution in [1.29, 1.82) is 0 Å². The predicted octanol–water partition coefficient (Wildman–Crippen LogP) is 4.42. The molecule has 158 valence electrons. The van der Waals surface area contributed by atoms with Crippen LogP contribution in [0.15, 0.2) is 59.8 Å². The van der Waals surface area contributed by atoms with Crippen molar-refractivity contribution in [2.45, 2.75) is 20.1 Å². The van der Waals surface area contributed by atoms with Crippen LogP contribution in [0.4, 0.5) is 8.78 Å². The van der Waals surface area contributed by atoms with Crippen LogP contribution in [0.25, 0.3) is 10.9 Å². The van der Waals surface area contributed by atoms with Gasteiger partial charge in [0.1, 0.15) is 24.6 Å². The van der Waals surface area contributed by atoms with Crippen LogP contribution in [0.1, 0.15) is 22.8 Å². The molecule has 9 heteroatoms. The van der Waals surface area contributed by atoms with E-state index in [1.807, 2.05) is 18.2 Å². The Labute approximate surface area is 180 Å². The highest BCUT2D eigenvalue weighted by Gasteiger charge is 2.13. The molecule has 0 radical (unpaired) electrons. The maximum atomic E-state index is 13.7. The van der Waals surface area contributed by atoms with Crippen LogP contribution in [0.3, 0.4) is 0 Å². The van der Waals surface area contributed by atoms with Gasteiger partial charge in [0.25, 0.3) is 5.56 Å². The highest BCUT2D eigenvalue weighted by atomic mass is 35.5. The Hall–Kier alpha value is -3.52. The summed E-state index contributed by atoms with van der Waals surface area (Å²) in [5.41, 5.74) is 1.18. The number of halogens is 3. The van der Waals surface area contributed by atoms with E-state index in [0.717, 1.165) is 28.6 Å². The largest absolute Gasteiger partial charge is 0.471 e. The molecular weight excluding hydrogens is 428 g/mol. The van der Waals surface area contributed by atoms with Crippen molar-refractivity contribution < 1.29 is 18.3 Å². The lowest BCUT2D eigenvalue weighted by atomic mass is 10.1. The van der Waals surface area contributed by atoms with Crippen molar-refractivity contribution in [3.05, 3.63) is 93.1 Å². The van der Waals surface area contributed by atoms with Crippen LogP contribution in [-0.2, 0) is 13.2 Å². The molecule has 0 saturated heterocycles. The second-order valence-corrected chi connectivity index (χ2v) is 7.30. The van der Waals surface area contributed by atoms with Crippen molar-refractivity contribution in [1.82, 2.24) is 14.1 Å². The molecule has 31 heavy (non-hydrogen) atoms. The molecule has 2 aromatic carbocycles. The van der Waals surface area contributed by atoms with Gasteiger partial charge in [-0.2, -0.15) is 0 Å². The minimum absolute atomic E-state index is 0.0916. The summed E-state index contributed by atoms with van der Waals surface area (Å²) < 4.78 is 35.0. The number of carbonyl (C=O) groups excluding carboxylic acids is 1. The molecule has 0 saturated carbocycles. The van der Waals surface area contributed by atoms with Crippen LogP contribution in [0.2, 0.25) is 5.02 Å². The molecule has 6 nitrogen and oxygen atoms in total. The molecule has 0 N–H and O–H groups in total. The first-order valence-electron chi connectivity index (χ1n) is 9.26. The number of hydrogen-bond donors (Lipinski definition) is 0. The van der Waals surface area contributed by atoms with E-state index in [-0.39, 0.29) is 35.5 Å². The van der Waals surface area contributed by atoms with Crippen molar-refractivity contribution in [2.24, 2.45) is 0 Å². The van der Waals surface area contributed by atoms with Crippen molar-refractivity contribution in [3.8, 4) is 5.88 Å². The Bertz CT molecular complexity index is 1360. The third kappa shape index (κ3) is 4.20. The smallest absolute Gasteiger partial charge is 0.276 e. The summed E-state index contributed by atoms with van der Waals surface area (Å²) in [5, 5.41) is 0.620. The third-order valence-electron chi connectivity index (χ3n) is 4.78. The Morgan fingerprint density at radius 1 is 1.16 bits per heavy atom. The molecule has 0 amide bonds. The van der Waals surface area contributed by atoms with Crippen molar-refractivity contribution in [3.63, 3.8) is 0 Å². The maximum absolute atomic E-state index is 13.7. The molecule has 0 aliphatic carbocycles. The summed E-state index contributed by atoms with van der Waals surface area (Å²) in [7, 11) is 0. The molecule has 0 fully saturated rings. The van der Waals surface area contributed by atoms with E-state index in [1.165, 1.54) is 23.9 Å². The second kappa shape index (κ2) is 8.31. The number of hydrogen-bond acceptors (Lipinski definition) is 4. The Morgan fingerprint density at radius 2 is 1.97 bits per heavy atom. The first kappa shape index (κ1) is 20.7. The lowest BCUT2D eigenvalue weighted by molar-refractivity contribution is 0.0941. The van der Waals surface area contributed by atoms with Crippen LogP contribution < -0.4 is 10.3 Å². The zero-order valence-corrected chi connectivity index (χ0v) is 17.1. The molecule has 0 unspecified atom stereocenters. The van der Waals surface area contributed by atoms with Gasteiger partial charge in [-0.25, -0.2) is 13.8 Å². The molecule has 0 aliphatic heterocycles. The minimum atomic E-state index is -0.765. The Balaban J connectivity index is 1.54. The molecule has 4 rings (SSSR count). The summed E-state index contributed by atoms with van der Waals surface area (Å²) in [4.78, 5) is 28.3. The number of ether oxygens (including phenoxy) is 1. The van der Waals surface area contributed by atoms with Crippen molar-refractivity contribution >= 4 is 28.4 Å². The van der Waals surface area contributed by atoms with Gasteiger partial charge in [-0.15, -0.1) is 0 Å². The van der Waals surface area contributed by atoms with Gasteiger partial charge in [0.05, 0.1) is 12.1 Å². The van der Waals surface area contributed by atoms with Gasteiger partial charge in [0.2, 0.25) is 11.8 Å². The average molecular weight is 444 g/mol. The second-order valence-electron chi connectivity index (χ2n) is 6.92. The summed E-state index contributed by atoms with van der Waals surface area (Å²) in [6.07, 6.45) is 2.98. The molecule has 0 atom stereocenters. The first-order valence-corrected chi connectivity index (χ1v) is 9.64. The number of nitrogens with zero attached hydrogens (tertiary/aromatic N) is 3. The SMILES string of the molecule is CC(=O)n1ccc2cc(Cn3cnc(OCc4ccc(F)cc4F)c(Cl)c3=O)ccc21. The standard InChI is InChI=1S/C22H16ClF2N3O3/c1-13(29)28-7-6-15-8-14(2-5-19(15)28)10-27-12-26-21(20(23)22(27)30)31-11-16-3-4-17(24)9-18(16)25/h2-9,12H,10-11H2,1H3. The van der Waals surface area contributed by atoms with E-state index in [4.69, 9.17) is 16.3 Å². The number of benzene rings is 2. The molecule has 0 spiro atoms. The third-order valence-corrected chi connectivity index (χ3v) is 5.10. The summed E-state index contributed by atoms with van der Waals surface area (Å²) in [6.45, 7) is 1.43. The van der Waals surface area contributed by atoms with Gasteiger partial charge in [0, 0.05) is 30.1 Å². The minimum Gasteiger partial charge on any atom is -0.471 e. The lowest BCUT2D eigenvalue weighted by Gasteiger charge is -2.11. The Morgan fingerprint density at radius 3 is 2.71 bits per heavy atom. The lowest BCUT2D eigenvalue weighted by Crippen LogP contribution is -2.22. The molecule has 2 aromatic heterocycles. The van der Waals surface area contributed by atoms with E-state index in [9.17, 15) is 18.4 Å². The number of aromatic nitrogens is 3. The summed E-state index contributed by atoms with van der Waals surface area (Å²) in [6, 6.07) is 10.4. The van der Waals surface area contributed by atoms with E-state index < -0.39 is 17.2 Å². The molecule has 2 heterocycles. The molecule has 0 aliphatic rings. The molecule has 0 bridgehead atoms. The van der Waals surface area contributed by atoms with Gasteiger partial charge in [-0.1, -0.05) is 17.7 Å². The first-order chi connectivity index (χ1) is 14.8. The van der Waals surface area contributed by atoms with Crippen LogP contribution in [0.5, 0.6) is 5.88 Å². The zero-order valence-electron chi connectivity index (χ0n) is 16.3. The highest BCUT2D eigenvalue weighted by molar-refractivity contribution is 6.31. The topological polar surface area (TPSA) is 66.1 Å². The maximum Gasteiger partial charge on any atom is 0.276 e. The van der Waals surface area contributed by atoms with Crippen LogP contribution in [0, 0.1) is 11.6 Å². The summed E-state index contributed by atoms with van der Waals surface area (Å²) >= 11 is 6.11. The zero-order chi connectivity index (χ0) is 22.1. The molecular formula is C22H16ClF2N3O3. The normalized spacial score (nSPS) is 11.1. The fourth-order valence-corrected chi connectivity index (χ4v) is 3.42. The van der Waals surface area contributed by atoms with E-state index in [2.05, 4.69) is 4.98 Å². The van der Waals surface area contributed by atoms with Gasteiger partial charge >= 0.3 is 0 Å². The summed E-state index contributed by atoms with van der Waals surface area (Å²) in [5.74, 6) is -1.69. The predicted molar refractivity (Wildman–Crippen MR) is 112 cm³/mol. The fourth-order valence-electron chi connectivity index (χ4n) is 3.21. The molecule has 4 aromatic rings. The van der Waals surface area contributed by atoms with Gasteiger partial charge in [0.15, 0.2) is 5.02 Å². The van der Waals surface area contributed by atoms with Gasteiger partial charge in [-0.05, 0) is 35.9 Å². The van der Waals surface area contributed by atoms with Crippen LogP contribution in [-0.4, -0.2) is 20.0 Å². The number of rotatable bonds is 5. The number of carbonyl (C=O) groups is 1. The van der Waals surface area contributed by atoms with E-state index >= 15 is 0 Å². The van der Waals surface area contributed by atoms with Crippen molar-refractivity contribution in [2.75, 3.05) is 0 Å². The monoisotopic (exact) mass is 443 g/mol.